The SMILES string of the molecule is CCCc1[nH]nc2c1[C@H](c1cc(OC)c(OC)cc1Br)C(C#N)=C(N)O2. The molecule has 3 N–H and O–H groups in total. The maximum absolute atomic E-state index is 9.73. The van der Waals surface area contributed by atoms with Crippen molar-refractivity contribution in [1.82, 2.24) is 10.2 Å². The van der Waals surface area contributed by atoms with Gasteiger partial charge in [-0.15, -0.1) is 5.10 Å². The molecule has 7 nitrogen and oxygen atoms in total. The van der Waals surface area contributed by atoms with Crippen LogP contribution >= 0.6 is 15.9 Å². The van der Waals surface area contributed by atoms with E-state index >= 15 is 0 Å². The Bertz CT molecular complexity index is 914. The summed E-state index contributed by atoms with van der Waals surface area (Å²) in [6, 6.07) is 5.85. The number of nitrogens with one attached hydrogen (secondary N) is 1. The molecule has 0 unspecified atom stereocenters. The number of hydrogen-bond donors (Lipinski definition) is 2. The van der Waals surface area contributed by atoms with Crippen molar-refractivity contribution in [1.29, 1.82) is 5.26 Å². The highest BCUT2D eigenvalue weighted by molar-refractivity contribution is 9.10. The number of rotatable bonds is 5. The van der Waals surface area contributed by atoms with Crippen molar-refractivity contribution >= 4 is 15.9 Å². The van der Waals surface area contributed by atoms with Crippen LogP contribution in [0.4, 0.5) is 0 Å². The Morgan fingerprint density at radius 1 is 1.35 bits per heavy atom. The lowest BCUT2D eigenvalue weighted by atomic mass is 9.83. The van der Waals surface area contributed by atoms with Gasteiger partial charge in [0.1, 0.15) is 11.6 Å². The van der Waals surface area contributed by atoms with E-state index in [2.05, 4.69) is 39.1 Å². The molecule has 0 amide bonds. The first-order valence-corrected chi connectivity index (χ1v) is 8.91. The maximum Gasteiger partial charge on any atom is 0.244 e. The van der Waals surface area contributed by atoms with E-state index in [0.717, 1.165) is 34.1 Å². The summed E-state index contributed by atoms with van der Waals surface area (Å²) in [6.07, 6.45) is 1.71. The van der Waals surface area contributed by atoms with Crippen molar-refractivity contribution in [3.05, 3.63) is 44.9 Å². The van der Waals surface area contributed by atoms with Crippen LogP contribution in [0.1, 0.15) is 36.1 Å². The Morgan fingerprint density at radius 3 is 2.65 bits per heavy atom. The summed E-state index contributed by atoms with van der Waals surface area (Å²) in [5, 5.41) is 17.0. The summed E-state index contributed by atoms with van der Waals surface area (Å²) in [4.78, 5) is 0. The summed E-state index contributed by atoms with van der Waals surface area (Å²) in [7, 11) is 3.14. The third kappa shape index (κ3) is 2.88. The fourth-order valence-electron chi connectivity index (χ4n) is 3.15. The average molecular weight is 419 g/mol. The van der Waals surface area contributed by atoms with E-state index in [1.54, 1.807) is 14.2 Å². The van der Waals surface area contributed by atoms with Crippen LogP contribution < -0.4 is 19.9 Å². The standard InChI is InChI=1S/C18H19BrN4O3/c1-4-5-12-16-15(10(8-20)17(21)26-18(16)23-22-12)9-6-13(24-2)14(25-3)7-11(9)19/h6-7,15H,4-5,21H2,1-3H3,(H,22,23)/t15-/m1/s1. The lowest BCUT2D eigenvalue weighted by Gasteiger charge is -2.25. The molecule has 2 aromatic rings. The van der Waals surface area contributed by atoms with Gasteiger partial charge in [-0.2, -0.15) is 5.26 Å². The zero-order valence-electron chi connectivity index (χ0n) is 14.7. The van der Waals surface area contributed by atoms with Crippen molar-refractivity contribution < 1.29 is 14.2 Å². The van der Waals surface area contributed by atoms with Gasteiger partial charge in [-0.25, -0.2) is 0 Å². The van der Waals surface area contributed by atoms with Gasteiger partial charge in [0.05, 0.1) is 20.1 Å². The van der Waals surface area contributed by atoms with Crippen LogP contribution in [-0.2, 0) is 6.42 Å². The molecule has 136 valence electrons. The number of fused-ring (bicyclic) bond motifs is 1. The number of allylic oxidation sites excluding steroid dienone is 1. The molecule has 1 aromatic heterocycles. The molecule has 26 heavy (non-hydrogen) atoms. The Hall–Kier alpha value is -2.66. The second-order valence-electron chi connectivity index (χ2n) is 5.82. The minimum Gasteiger partial charge on any atom is -0.493 e. The number of ether oxygens (including phenoxy) is 3. The molecular formula is C18H19BrN4O3. The first-order chi connectivity index (χ1) is 12.5. The number of nitrogens with zero attached hydrogens (tertiary/aromatic N) is 2. The number of H-pyrrole nitrogens is 1. The van der Waals surface area contributed by atoms with Gasteiger partial charge in [0.2, 0.25) is 11.8 Å². The number of halogens is 1. The van der Waals surface area contributed by atoms with E-state index in [4.69, 9.17) is 19.9 Å². The first-order valence-electron chi connectivity index (χ1n) is 8.11. The molecule has 0 spiro atoms. The van der Waals surface area contributed by atoms with E-state index < -0.39 is 5.92 Å². The molecule has 0 saturated carbocycles. The highest BCUT2D eigenvalue weighted by Crippen LogP contribution is 2.47. The van der Waals surface area contributed by atoms with Crippen LogP contribution in [0.5, 0.6) is 17.4 Å². The van der Waals surface area contributed by atoms with Gasteiger partial charge in [0.15, 0.2) is 11.5 Å². The van der Waals surface area contributed by atoms with Crippen molar-refractivity contribution in [3.63, 3.8) is 0 Å². The van der Waals surface area contributed by atoms with Gasteiger partial charge in [-0.1, -0.05) is 29.3 Å². The summed E-state index contributed by atoms with van der Waals surface area (Å²) in [5.74, 6) is 1.19. The fraction of sp³-hybridized carbons (Fsp3) is 0.333. The van der Waals surface area contributed by atoms with E-state index in [1.165, 1.54) is 0 Å². The van der Waals surface area contributed by atoms with E-state index in [9.17, 15) is 5.26 Å². The highest BCUT2D eigenvalue weighted by Gasteiger charge is 2.36. The van der Waals surface area contributed by atoms with Crippen molar-refractivity contribution in [2.45, 2.75) is 25.7 Å². The van der Waals surface area contributed by atoms with Crippen LogP contribution in [0.3, 0.4) is 0 Å². The number of hydrogen-bond acceptors (Lipinski definition) is 6. The van der Waals surface area contributed by atoms with Gasteiger partial charge >= 0.3 is 0 Å². The molecule has 0 bridgehead atoms. The van der Waals surface area contributed by atoms with Gasteiger partial charge in [-0.3, -0.25) is 5.10 Å². The molecular weight excluding hydrogens is 400 g/mol. The van der Waals surface area contributed by atoms with Crippen molar-refractivity contribution in [2.75, 3.05) is 14.2 Å². The topological polar surface area (TPSA) is 106 Å². The monoisotopic (exact) mass is 418 g/mol. The molecule has 1 aliphatic heterocycles. The van der Waals surface area contributed by atoms with Crippen LogP contribution in [0.25, 0.3) is 0 Å². The molecule has 1 atom stereocenters. The minimum absolute atomic E-state index is 0.0567. The molecule has 0 saturated heterocycles. The summed E-state index contributed by atoms with van der Waals surface area (Å²) < 4.78 is 17.1. The number of aromatic amines is 1. The van der Waals surface area contributed by atoms with Crippen LogP contribution in [0.15, 0.2) is 28.1 Å². The van der Waals surface area contributed by atoms with E-state index in [0.29, 0.717) is 23.0 Å². The molecule has 1 aromatic carbocycles. The first kappa shape index (κ1) is 18.1. The zero-order chi connectivity index (χ0) is 18.8. The third-order valence-electron chi connectivity index (χ3n) is 4.33. The molecule has 0 fully saturated rings. The molecule has 0 aliphatic carbocycles. The Morgan fingerprint density at radius 2 is 2.04 bits per heavy atom. The smallest absolute Gasteiger partial charge is 0.244 e. The van der Waals surface area contributed by atoms with Crippen molar-refractivity contribution in [3.8, 4) is 23.4 Å². The predicted octanol–water partition coefficient (Wildman–Crippen LogP) is 3.36. The Kier molecular flexibility index (Phi) is 5.09. The second-order valence-corrected chi connectivity index (χ2v) is 6.68. The Labute approximate surface area is 159 Å². The number of aromatic nitrogens is 2. The van der Waals surface area contributed by atoms with E-state index in [1.807, 2.05) is 12.1 Å². The van der Waals surface area contributed by atoms with Gasteiger partial charge < -0.3 is 19.9 Å². The lowest BCUT2D eigenvalue weighted by molar-refractivity contribution is 0.353. The van der Waals surface area contributed by atoms with Crippen LogP contribution in [0, 0.1) is 11.3 Å². The number of benzene rings is 1. The Balaban J connectivity index is 2.26. The summed E-state index contributed by atoms with van der Waals surface area (Å²) in [5.41, 5.74) is 8.91. The van der Waals surface area contributed by atoms with E-state index in [-0.39, 0.29) is 5.88 Å². The number of nitriles is 1. The number of nitrogens with two attached hydrogens (primary N) is 1. The average Bonchev–Trinajstić information content (AvgIpc) is 3.03. The highest BCUT2D eigenvalue weighted by atomic mass is 79.9. The fourth-order valence-corrected chi connectivity index (χ4v) is 3.70. The van der Waals surface area contributed by atoms with Gasteiger partial charge in [0.25, 0.3) is 0 Å². The predicted molar refractivity (Wildman–Crippen MR) is 99.1 cm³/mol. The molecule has 0 radical (unpaired) electrons. The third-order valence-corrected chi connectivity index (χ3v) is 5.02. The maximum atomic E-state index is 9.73. The van der Waals surface area contributed by atoms with Crippen molar-refractivity contribution in [2.24, 2.45) is 5.73 Å². The molecule has 8 heteroatoms. The molecule has 3 rings (SSSR count). The summed E-state index contributed by atoms with van der Waals surface area (Å²) in [6.45, 7) is 2.08. The zero-order valence-corrected chi connectivity index (χ0v) is 16.3. The van der Waals surface area contributed by atoms with Gasteiger partial charge in [0, 0.05) is 15.7 Å². The molecule has 2 heterocycles. The minimum atomic E-state index is -0.418. The largest absolute Gasteiger partial charge is 0.493 e. The number of aryl methyl sites for hydroxylation is 1. The van der Waals surface area contributed by atoms with Crippen LogP contribution in [-0.4, -0.2) is 24.4 Å². The molecule has 1 aliphatic rings. The van der Waals surface area contributed by atoms with Gasteiger partial charge in [-0.05, 0) is 24.1 Å². The summed E-state index contributed by atoms with van der Waals surface area (Å²) >= 11 is 3.59. The lowest BCUT2D eigenvalue weighted by Crippen LogP contribution is -2.21. The quantitative estimate of drug-likeness (QED) is 0.770. The second kappa shape index (κ2) is 7.30. The number of methoxy groups -OCH3 is 2. The normalized spacial score (nSPS) is 15.9. The van der Waals surface area contributed by atoms with Crippen LogP contribution in [0.2, 0.25) is 0 Å².